The van der Waals surface area contributed by atoms with Crippen molar-refractivity contribution in [2.45, 2.75) is 12.8 Å². The maximum Gasteiger partial charge on any atom is 0.225 e. The van der Waals surface area contributed by atoms with Crippen molar-refractivity contribution >= 4 is 17.7 Å². The lowest BCUT2D eigenvalue weighted by atomic mass is 10.3. The molecule has 1 amide bonds. The van der Waals surface area contributed by atoms with Gasteiger partial charge in [-0.15, -0.1) is 0 Å². The van der Waals surface area contributed by atoms with E-state index in [2.05, 4.69) is 10.3 Å². The molecule has 0 spiro atoms. The van der Waals surface area contributed by atoms with Gasteiger partial charge in [-0.1, -0.05) is 6.07 Å². The van der Waals surface area contributed by atoms with Gasteiger partial charge in [0.1, 0.15) is 5.82 Å². The van der Waals surface area contributed by atoms with E-state index in [0.717, 1.165) is 0 Å². The number of anilines is 1. The second-order valence-electron chi connectivity index (χ2n) is 2.64. The lowest BCUT2D eigenvalue weighted by Crippen LogP contribution is -2.24. The molecule has 14 heavy (non-hydrogen) atoms. The number of hydrogen-bond donors (Lipinski definition) is 1. The third-order valence-electron chi connectivity index (χ3n) is 1.49. The second-order valence-corrected chi connectivity index (χ2v) is 2.64. The van der Waals surface area contributed by atoms with Gasteiger partial charge in [-0.2, -0.15) is 0 Å². The van der Waals surface area contributed by atoms with Gasteiger partial charge in [-0.05, 0) is 18.6 Å². The number of carboxylic acid groups (broad SMARTS) is 1. The second kappa shape index (κ2) is 4.96. The SMILES string of the molecule is O=C([O-])CCC(=O)Nc1ccccn1. The first-order chi connectivity index (χ1) is 6.68. The van der Waals surface area contributed by atoms with E-state index in [0.29, 0.717) is 5.82 Å². The standard InChI is InChI=1S/C9H10N2O3/c12-8(4-5-9(13)14)11-7-3-1-2-6-10-7/h1-3,6H,4-5H2,(H,13,14)(H,10,11,12)/p-1. The van der Waals surface area contributed by atoms with Crippen LogP contribution in [0.25, 0.3) is 0 Å². The van der Waals surface area contributed by atoms with Crippen LogP contribution in [0, 0.1) is 0 Å². The third-order valence-corrected chi connectivity index (χ3v) is 1.49. The fraction of sp³-hybridized carbons (Fsp3) is 0.222. The van der Waals surface area contributed by atoms with Crippen molar-refractivity contribution in [3.8, 4) is 0 Å². The van der Waals surface area contributed by atoms with Gasteiger partial charge in [0, 0.05) is 18.6 Å². The molecule has 0 bridgehead atoms. The zero-order chi connectivity index (χ0) is 10.4. The highest BCUT2D eigenvalue weighted by molar-refractivity contribution is 5.91. The molecule has 5 heteroatoms. The highest BCUT2D eigenvalue weighted by atomic mass is 16.4. The van der Waals surface area contributed by atoms with Gasteiger partial charge in [0.05, 0.1) is 0 Å². The first kappa shape index (κ1) is 10.2. The Kier molecular flexibility index (Phi) is 3.60. The summed E-state index contributed by atoms with van der Waals surface area (Å²) >= 11 is 0. The van der Waals surface area contributed by atoms with Crippen LogP contribution in [0.5, 0.6) is 0 Å². The zero-order valence-electron chi connectivity index (χ0n) is 7.40. The zero-order valence-corrected chi connectivity index (χ0v) is 7.40. The van der Waals surface area contributed by atoms with Gasteiger partial charge < -0.3 is 15.2 Å². The van der Waals surface area contributed by atoms with Crippen LogP contribution in [0.1, 0.15) is 12.8 Å². The lowest BCUT2D eigenvalue weighted by molar-refractivity contribution is -0.305. The Labute approximate surface area is 80.8 Å². The van der Waals surface area contributed by atoms with Crippen LogP contribution in [-0.4, -0.2) is 16.9 Å². The molecule has 1 aromatic heterocycles. The normalized spacial score (nSPS) is 9.43. The summed E-state index contributed by atoms with van der Waals surface area (Å²) in [6.07, 6.45) is 1.16. The van der Waals surface area contributed by atoms with Crippen LogP contribution in [-0.2, 0) is 9.59 Å². The number of amides is 1. The molecule has 0 fully saturated rings. The maximum atomic E-state index is 11.1. The summed E-state index contributed by atoms with van der Waals surface area (Å²) in [5, 5.41) is 12.5. The lowest BCUT2D eigenvalue weighted by Gasteiger charge is -2.03. The first-order valence-electron chi connectivity index (χ1n) is 4.09. The average molecular weight is 193 g/mol. The van der Waals surface area contributed by atoms with Gasteiger partial charge >= 0.3 is 0 Å². The monoisotopic (exact) mass is 193 g/mol. The van der Waals surface area contributed by atoms with Crippen LogP contribution in [0.4, 0.5) is 5.82 Å². The summed E-state index contributed by atoms with van der Waals surface area (Å²) in [5.74, 6) is -1.20. The molecule has 0 saturated heterocycles. The molecule has 0 aliphatic heterocycles. The molecule has 0 aliphatic carbocycles. The molecule has 0 atom stereocenters. The molecule has 5 nitrogen and oxygen atoms in total. The number of aromatic nitrogens is 1. The Balaban J connectivity index is 2.38. The van der Waals surface area contributed by atoms with Crippen molar-refractivity contribution in [2.75, 3.05) is 5.32 Å². The number of carbonyl (C=O) groups excluding carboxylic acids is 2. The van der Waals surface area contributed by atoms with Crippen molar-refractivity contribution in [1.29, 1.82) is 0 Å². The van der Waals surface area contributed by atoms with Crippen molar-refractivity contribution < 1.29 is 14.7 Å². The highest BCUT2D eigenvalue weighted by Gasteiger charge is 2.01. The van der Waals surface area contributed by atoms with Gasteiger partial charge in [0.2, 0.25) is 5.91 Å². The van der Waals surface area contributed by atoms with Crippen LogP contribution in [0.2, 0.25) is 0 Å². The predicted molar refractivity (Wildman–Crippen MR) is 47.1 cm³/mol. The van der Waals surface area contributed by atoms with E-state index in [-0.39, 0.29) is 18.7 Å². The van der Waals surface area contributed by atoms with Gasteiger partial charge in [-0.25, -0.2) is 4.98 Å². The van der Waals surface area contributed by atoms with Crippen molar-refractivity contribution in [3.05, 3.63) is 24.4 Å². The van der Waals surface area contributed by atoms with Crippen molar-refractivity contribution in [1.82, 2.24) is 4.98 Å². The fourth-order valence-corrected chi connectivity index (χ4v) is 0.858. The van der Waals surface area contributed by atoms with Crippen molar-refractivity contribution in [2.24, 2.45) is 0 Å². The molecule has 0 aromatic carbocycles. The summed E-state index contributed by atoms with van der Waals surface area (Å²) in [7, 11) is 0. The van der Waals surface area contributed by atoms with Crippen LogP contribution in [0.15, 0.2) is 24.4 Å². The molecular weight excluding hydrogens is 184 g/mol. The number of aliphatic carboxylic acids is 1. The van der Waals surface area contributed by atoms with E-state index in [1.807, 2.05) is 0 Å². The number of hydrogen-bond acceptors (Lipinski definition) is 4. The highest BCUT2D eigenvalue weighted by Crippen LogP contribution is 2.01. The molecule has 0 saturated carbocycles. The van der Waals surface area contributed by atoms with Crippen LogP contribution >= 0.6 is 0 Å². The number of carbonyl (C=O) groups is 2. The average Bonchev–Trinajstić information content (AvgIpc) is 2.16. The fourth-order valence-electron chi connectivity index (χ4n) is 0.858. The van der Waals surface area contributed by atoms with E-state index < -0.39 is 5.97 Å². The summed E-state index contributed by atoms with van der Waals surface area (Å²) in [4.78, 5) is 25.0. The largest absolute Gasteiger partial charge is 0.550 e. The Morgan fingerprint density at radius 3 is 2.71 bits per heavy atom. The maximum absolute atomic E-state index is 11.1. The molecule has 0 unspecified atom stereocenters. The van der Waals surface area contributed by atoms with E-state index in [9.17, 15) is 14.7 Å². The Bertz CT molecular complexity index is 324. The molecular formula is C9H9N2O3-. The van der Waals surface area contributed by atoms with Crippen molar-refractivity contribution in [3.63, 3.8) is 0 Å². The molecule has 1 heterocycles. The molecule has 0 radical (unpaired) electrons. The molecule has 1 rings (SSSR count). The van der Waals surface area contributed by atoms with Crippen LogP contribution in [0.3, 0.4) is 0 Å². The minimum Gasteiger partial charge on any atom is -0.550 e. The molecule has 0 aliphatic rings. The third kappa shape index (κ3) is 3.66. The molecule has 1 aromatic rings. The number of nitrogens with one attached hydrogen (secondary N) is 1. The summed E-state index contributed by atoms with van der Waals surface area (Å²) < 4.78 is 0. The van der Waals surface area contributed by atoms with E-state index in [1.165, 1.54) is 6.20 Å². The number of rotatable bonds is 4. The van der Waals surface area contributed by atoms with E-state index in [1.54, 1.807) is 18.2 Å². The quantitative estimate of drug-likeness (QED) is 0.702. The number of carboxylic acids is 1. The predicted octanol–water partition coefficient (Wildman–Crippen LogP) is -0.450. The van der Waals surface area contributed by atoms with E-state index >= 15 is 0 Å². The Morgan fingerprint density at radius 1 is 1.36 bits per heavy atom. The van der Waals surface area contributed by atoms with Gasteiger partial charge in [-0.3, -0.25) is 4.79 Å². The van der Waals surface area contributed by atoms with Gasteiger partial charge in [0.25, 0.3) is 0 Å². The summed E-state index contributed by atoms with van der Waals surface area (Å²) in [5.41, 5.74) is 0. The molecule has 1 N–H and O–H groups in total. The summed E-state index contributed by atoms with van der Waals surface area (Å²) in [6.45, 7) is 0. The minimum absolute atomic E-state index is 0.0983. The van der Waals surface area contributed by atoms with Gasteiger partial charge in [0.15, 0.2) is 0 Å². The molecule has 74 valence electrons. The minimum atomic E-state index is -1.24. The first-order valence-corrected chi connectivity index (χ1v) is 4.09. The summed E-state index contributed by atoms with van der Waals surface area (Å²) in [6, 6.07) is 5.06. The van der Waals surface area contributed by atoms with Crippen LogP contribution < -0.4 is 10.4 Å². The number of nitrogens with zero attached hydrogens (tertiary/aromatic N) is 1. The Morgan fingerprint density at radius 2 is 2.14 bits per heavy atom. The Hall–Kier alpha value is -1.91. The smallest absolute Gasteiger partial charge is 0.225 e. The van der Waals surface area contributed by atoms with E-state index in [4.69, 9.17) is 0 Å². The number of pyridine rings is 1. The topological polar surface area (TPSA) is 82.1 Å².